The van der Waals surface area contributed by atoms with Crippen molar-refractivity contribution < 1.29 is 45.1 Å². The first-order chi connectivity index (χ1) is 17.7. The van der Waals surface area contributed by atoms with Crippen LogP contribution in [0.5, 0.6) is 0 Å². The van der Waals surface area contributed by atoms with Crippen LogP contribution in [0.3, 0.4) is 0 Å². The third kappa shape index (κ3) is 4.54. The highest BCUT2D eigenvalue weighted by Crippen LogP contribution is 2.45. The first-order valence-corrected chi connectivity index (χ1v) is 13.7. The van der Waals surface area contributed by atoms with Gasteiger partial charge in [-0.25, -0.2) is 4.79 Å². The van der Waals surface area contributed by atoms with Crippen molar-refractivity contribution in [3.8, 4) is 22.5 Å². The van der Waals surface area contributed by atoms with Crippen molar-refractivity contribution in [1.29, 1.82) is 0 Å². The van der Waals surface area contributed by atoms with Gasteiger partial charge < -0.3 is 15.3 Å². The molecule has 0 atom stereocenters. The Hall–Kier alpha value is -4.11. The molecule has 0 spiro atoms. The van der Waals surface area contributed by atoms with E-state index >= 15 is 0 Å². The maximum absolute atomic E-state index is 12.5. The van der Waals surface area contributed by atoms with Crippen LogP contribution >= 0.6 is 0 Å². The normalized spacial score (nSPS) is 12.8. The van der Waals surface area contributed by atoms with Gasteiger partial charge >= 0.3 is 5.97 Å². The zero-order valence-corrected chi connectivity index (χ0v) is 21.4. The Morgan fingerprint density at radius 3 is 2.13 bits per heavy atom. The minimum atomic E-state index is -5.06. The van der Waals surface area contributed by atoms with Gasteiger partial charge in [0.2, 0.25) is 0 Å². The highest BCUT2D eigenvalue weighted by Gasteiger charge is 2.32. The van der Waals surface area contributed by atoms with Gasteiger partial charge in [0, 0.05) is 28.6 Å². The summed E-state index contributed by atoms with van der Waals surface area (Å²) in [5.41, 5.74) is 4.39. The molecule has 1 aliphatic carbocycles. The molecule has 1 aliphatic heterocycles. The number of Topliss-reactive ketones (excluding diaryl/α,β-unsaturated/α-hetero) is 1. The first kappa shape index (κ1) is 26.9. The first-order valence-electron chi connectivity index (χ1n) is 10.8. The van der Waals surface area contributed by atoms with Crippen molar-refractivity contribution in [3.05, 3.63) is 58.9 Å². The van der Waals surface area contributed by atoms with E-state index in [0.29, 0.717) is 0 Å². The van der Waals surface area contributed by atoms with Crippen molar-refractivity contribution in [1.82, 2.24) is 0 Å². The molecule has 0 saturated heterocycles. The minimum absolute atomic E-state index is 0.0217. The van der Waals surface area contributed by atoms with Crippen molar-refractivity contribution in [2.45, 2.75) is 23.6 Å². The van der Waals surface area contributed by atoms with Gasteiger partial charge in [0.15, 0.2) is 26.9 Å². The molecule has 0 radical (unpaired) electrons. The summed E-state index contributed by atoms with van der Waals surface area (Å²) in [4.78, 5) is 26.5. The van der Waals surface area contributed by atoms with E-state index in [0.717, 1.165) is 12.1 Å². The van der Waals surface area contributed by atoms with Gasteiger partial charge in [-0.15, -0.1) is 0 Å². The summed E-state index contributed by atoms with van der Waals surface area (Å²) >= 11 is 0. The maximum Gasteiger partial charge on any atom is 0.336 e. The molecule has 2 aliphatic rings. The number of carboxylic acid groups (broad SMARTS) is 1. The van der Waals surface area contributed by atoms with E-state index in [1.54, 1.807) is 6.92 Å². The zero-order valence-electron chi connectivity index (χ0n) is 19.8. The molecule has 4 rings (SSSR count). The van der Waals surface area contributed by atoms with Gasteiger partial charge in [0.25, 0.3) is 20.2 Å². The number of fused-ring (bicyclic) bond motifs is 2. The van der Waals surface area contributed by atoms with Crippen LogP contribution in [-0.2, 0) is 20.2 Å². The van der Waals surface area contributed by atoms with E-state index in [4.69, 9.17) is 10.2 Å². The highest BCUT2D eigenvalue weighted by atomic mass is 32.2. The van der Waals surface area contributed by atoms with Crippen molar-refractivity contribution in [2.75, 3.05) is 12.3 Å². The lowest BCUT2D eigenvalue weighted by Gasteiger charge is -2.20. The number of carboxylic acids is 1. The fourth-order valence-corrected chi connectivity index (χ4v) is 5.77. The molecule has 1 heterocycles. The molecular formula is C24H20N2O10S2. The van der Waals surface area contributed by atoms with Gasteiger partial charge in [0.05, 0.1) is 16.6 Å². The van der Waals surface area contributed by atoms with E-state index in [9.17, 15) is 40.6 Å². The fourth-order valence-electron chi connectivity index (χ4n) is 4.23. The SMILES string of the molecule is CCN=c1ccc2c(-c3ccc(C(C)=O)cc3C(=O)O)c3ccc(N)c(S(=O)(=O)O)c3oc-2c1S(=O)(=O)O. The number of nitrogens with two attached hydrogens (primary N) is 1. The molecule has 0 amide bonds. The second kappa shape index (κ2) is 9.33. The molecule has 0 unspecified atom stereocenters. The fraction of sp³-hybridized carbons (Fsp3) is 0.125. The summed E-state index contributed by atoms with van der Waals surface area (Å²) in [6, 6.07) is 8.85. The number of carbonyl (C=O) groups excluding carboxylic acids is 1. The molecule has 0 aromatic heterocycles. The number of anilines is 1. The molecular weight excluding hydrogens is 540 g/mol. The summed E-state index contributed by atoms with van der Waals surface area (Å²) in [6.45, 7) is 2.95. The molecule has 198 valence electrons. The molecule has 2 aromatic carbocycles. The lowest BCUT2D eigenvalue weighted by molar-refractivity contribution is 0.0697. The van der Waals surface area contributed by atoms with Crippen LogP contribution in [0.1, 0.15) is 34.6 Å². The molecule has 14 heteroatoms. The lowest BCUT2D eigenvalue weighted by atomic mass is 9.89. The van der Waals surface area contributed by atoms with E-state index in [2.05, 4.69) is 4.99 Å². The Morgan fingerprint density at radius 1 is 0.947 bits per heavy atom. The minimum Gasteiger partial charge on any atom is -0.478 e. The predicted octanol–water partition coefficient (Wildman–Crippen LogP) is 3.10. The summed E-state index contributed by atoms with van der Waals surface area (Å²) in [6.07, 6.45) is 0. The monoisotopic (exact) mass is 560 g/mol. The number of nitrogen functional groups attached to an aromatic ring is 1. The van der Waals surface area contributed by atoms with Crippen molar-refractivity contribution in [3.63, 3.8) is 0 Å². The largest absolute Gasteiger partial charge is 0.478 e. The van der Waals surface area contributed by atoms with Crippen LogP contribution in [0.2, 0.25) is 0 Å². The van der Waals surface area contributed by atoms with E-state index in [1.807, 2.05) is 0 Å². The highest BCUT2D eigenvalue weighted by molar-refractivity contribution is 7.86. The smallest absolute Gasteiger partial charge is 0.336 e. The lowest BCUT2D eigenvalue weighted by Crippen LogP contribution is -2.18. The van der Waals surface area contributed by atoms with Crippen LogP contribution in [-0.4, -0.2) is 49.3 Å². The Morgan fingerprint density at radius 2 is 1.58 bits per heavy atom. The number of hydrogen-bond acceptors (Lipinski definition) is 9. The number of carbonyl (C=O) groups is 2. The summed E-state index contributed by atoms with van der Waals surface area (Å²) in [7, 11) is -10.1. The zero-order chi connectivity index (χ0) is 28.2. The summed E-state index contributed by atoms with van der Waals surface area (Å²) < 4.78 is 75.3. The Bertz CT molecular complexity index is 1920. The van der Waals surface area contributed by atoms with E-state index < -0.39 is 58.8 Å². The molecule has 0 saturated carbocycles. The molecule has 38 heavy (non-hydrogen) atoms. The maximum atomic E-state index is 12.5. The van der Waals surface area contributed by atoms with Crippen LogP contribution in [0.4, 0.5) is 5.69 Å². The predicted molar refractivity (Wildman–Crippen MR) is 135 cm³/mol. The van der Waals surface area contributed by atoms with Crippen LogP contribution in [0.25, 0.3) is 33.4 Å². The average Bonchev–Trinajstić information content (AvgIpc) is 2.80. The number of nitrogens with zero attached hydrogens (tertiary/aromatic N) is 1. The topological polar surface area (TPSA) is 215 Å². The molecule has 5 N–H and O–H groups in total. The number of ketones is 1. The Kier molecular flexibility index (Phi) is 6.61. The van der Waals surface area contributed by atoms with Gasteiger partial charge in [-0.05, 0) is 49.7 Å². The third-order valence-electron chi connectivity index (χ3n) is 5.75. The average molecular weight is 561 g/mol. The van der Waals surface area contributed by atoms with Crippen LogP contribution < -0.4 is 11.1 Å². The van der Waals surface area contributed by atoms with E-state index in [-0.39, 0.29) is 45.1 Å². The third-order valence-corrected chi connectivity index (χ3v) is 7.59. The standard InChI is InChI=1S/C24H20N2O10S2/c1-3-26-18-9-7-15-19(13-5-4-12(11(2)27)10-16(13)24(28)29)14-6-8-17(25)22(37(30,31)32)20(14)36-21(15)23(18)38(33,34)35/h4-10H,3,25H2,1-2H3,(H,28,29)(H,30,31,32)(H,33,34,35). The second-order valence-electron chi connectivity index (χ2n) is 8.17. The quantitative estimate of drug-likeness (QED) is 0.116. The van der Waals surface area contributed by atoms with Gasteiger partial charge in [0.1, 0.15) is 0 Å². The molecule has 0 fully saturated rings. The van der Waals surface area contributed by atoms with Crippen molar-refractivity contribution in [2.24, 2.45) is 4.99 Å². The van der Waals surface area contributed by atoms with Gasteiger partial charge in [-0.2, -0.15) is 16.8 Å². The summed E-state index contributed by atoms with van der Waals surface area (Å²) in [5, 5.41) is 9.70. The van der Waals surface area contributed by atoms with Crippen molar-refractivity contribution >= 4 is 48.6 Å². The van der Waals surface area contributed by atoms with Crippen LogP contribution in [0, 0.1) is 0 Å². The molecule has 0 bridgehead atoms. The molecule has 12 nitrogen and oxygen atoms in total. The van der Waals surface area contributed by atoms with Crippen LogP contribution in [0.15, 0.2) is 61.7 Å². The number of hydrogen-bond donors (Lipinski definition) is 4. The Balaban J connectivity index is 2.39. The number of benzene rings is 3. The number of rotatable bonds is 6. The summed E-state index contributed by atoms with van der Waals surface area (Å²) in [5.74, 6) is -2.42. The van der Waals surface area contributed by atoms with Gasteiger partial charge in [-0.3, -0.25) is 18.9 Å². The van der Waals surface area contributed by atoms with E-state index in [1.165, 1.54) is 37.3 Å². The Labute approximate surface area is 215 Å². The number of aromatic carboxylic acids is 1. The second-order valence-corrected chi connectivity index (χ2v) is 10.9. The molecule has 2 aromatic rings. The van der Waals surface area contributed by atoms with Gasteiger partial charge in [-0.1, -0.05) is 12.1 Å².